The molecule has 30 heavy (non-hydrogen) atoms. The number of unbranched alkanes of at least 4 members (excludes halogenated alkanes) is 14. The van der Waals surface area contributed by atoms with Crippen molar-refractivity contribution in [2.24, 2.45) is 0 Å². The van der Waals surface area contributed by atoms with E-state index in [4.69, 9.17) is 4.74 Å². The van der Waals surface area contributed by atoms with Crippen LogP contribution in [0.2, 0.25) is 0 Å². The van der Waals surface area contributed by atoms with Crippen molar-refractivity contribution in [1.29, 1.82) is 0 Å². The van der Waals surface area contributed by atoms with Gasteiger partial charge in [0.15, 0.2) is 6.23 Å². The molecule has 1 N–H and O–H groups in total. The van der Waals surface area contributed by atoms with Gasteiger partial charge in [0.25, 0.3) is 0 Å². The summed E-state index contributed by atoms with van der Waals surface area (Å²) in [6.07, 6.45) is 21.7. The minimum atomic E-state index is -0.326. The highest BCUT2D eigenvalue weighted by molar-refractivity contribution is 8.93. The first kappa shape index (κ1) is 31.8. The minimum Gasteiger partial charge on any atom is -0.444 e. The summed E-state index contributed by atoms with van der Waals surface area (Å²) in [6.45, 7) is 13.8. The lowest BCUT2D eigenvalue weighted by Gasteiger charge is -2.30. The second-order valence-electron chi connectivity index (χ2n) is 9.56. The molecule has 0 amide bonds. The highest BCUT2D eigenvalue weighted by Crippen LogP contribution is 2.18. The predicted octanol–water partition coefficient (Wildman–Crippen LogP) is 8.66. The van der Waals surface area contributed by atoms with E-state index in [1.165, 1.54) is 96.3 Å². The third kappa shape index (κ3) is 20.9. The maximum Gasteiger partial charge on any atom is 0.334 e. The lowest BCUT2D eigenvalue weighted by molar-refractivity contribution is -0.145. The first-order valence-electron chi connectivity index (χ1n) is 12.4. The molecule has 0 spiro atoms. The molecule has 0 heterocycles. The normalized spacial score (nSPS) is 12.3. The van der Waals surface area contributed by atoms with Crippen LogP contribution in [0.15, 0.2) is 12.2 Å². The molecule has 180 valence electrons. The molecule has 0 saturated carbocycles. The molecule has 0 aromatic rings. The van der Waals surface area contributed by atoms with E-state index in [1.54, 1.807) is 6.92 Å². The van der Waals surface area contributed by atoms with Crippen LogP contribution in [0.3, 0.4) is 0 Å². The fourth-order valence-electron chi connectivity index (χ4n) is 3.85. The van der Waals surface area contributed by atoms with Crippen molar-refractivity contribution in [1.82, 2.24) is 5.32 Å². The molecular weight excluding hydrogens is 438 g/mol. The van der Waals surface area contributed by atoms with E-state index >= 15 is 0 Å². The van der Waals surface area contributed by atoms with Crippen molar-refractivity contribution >= 4 is 23.0 Å². The van der Waals surface area contributed by atoms with Gasteiger partial charge in [0, 0.05) is 11.1 Å². The lowest BCUT2D eigenvalue weighted by atomic mass is 9.95. The first-order valence-corrected chi connectivity index (χ1v) is 12.4. The molecule has 0 aliphatic heterocycles. The van der Waals surface area contributed by atoms with Gasteiger partial charge in [0.1, 0.15) is 0 Å². The number of hydrogen-bond acceptors (Lipinski definition) is 3. The average Bonchev–Trinajstić information content (AvgIpc) is 2.64. The lowest BCUT2D eigenvalue weighted by Crippen LogP contribution is -2.46. The van der Waals surface area contributed by atoms with Crippen LogP contribution in [-0.2, 0) is 9.53 Å². The second kappa shape index (κ2) is 20.5. The van der Waals surface area contributed by atoms with Crippen LogP contribution in [0.1, 0.15) is 137 Å². The Kier molecular flexibility index (Phi) is 21.8. The standard InChI is InChI=1S/C26H51NO2.BrH/c1-7-8-9-10-11-12-13-14-15-16-17-18-19-20-21-22-26(5,6)27-24(4)29-25(28)23(2)3;/h24,27H,2,7-22H2,1,3-6H3;1H. The first-order chi connectivity index (χ1) is 13.8. The average molecular weight is 491 g/mol. The molecule has 0 fully saturated rings. The Morgan fingerprint density at radius 1 is 0.833 bits per heavy atom. The summed E-state index contributed by atoms with van der Waals surface area (Å²) in [4.78, 5) is 11.6. The van der Waals surface area contributed by atoms with Crippen LogP contribution in [0, 0.1) is 0 Å². The van der Waals surface area contributed by atoms with Crippen LogP contribution in [0.4, 0.5) is 0 Å². The van der Waals surface area contributed by atoms with Crippen LogP contribution in [0.25, 0.3) is 0 Å². The molecule has 1 unspecified atom stereocenters. The third-order valence-electron chi connectivity index (χ3n) is 5.63. The van der Waals surface area contributed by atoms with Gasteiger partial charge in [0.05, 0.1) is 0 Å². The molecule has 3 nitrogen and oxygen atoms in total. The van der Waals surface area contributed by atoms with Crippen molar-refractivity contribution < 1.29 is 9.53 Å². The Hall–Kier alpha value is -0.350. The van der Waals surface area contributed by atoms with Crippen molar-refractivity contribution in [3.8, 4) is 0 Å². The quantitative estimate of drug-likeness (QED) is 0.0803. The number of carbonyl (C=O) groups excluding carboxylic acids is 1. The Labute approximate surface area is 199 Å². The van der Waals surface area contributed by atoms with E-state index in [0.717, 1.165) is 6.42 Å². The number of rotatable bonds is 20. The number of carbonyl (C=O) groups is 1. The van der Waals surface area contributed by atoms with E-state index in [-0.39, 0.29) is 34.7 Å². The van der Waals surface area contributed by atoms with E-state index in [1.807, 2.05) is 6.92 Å². The van der Waals surface area contributed by atoms with E-state index in [0.29, 0.717) is 5.57 Å². The summed E-state index contributed by atoms with van der Waals surface area (Å²) >= 11 is 0. The second-order valence-corrected chi connectivity index (χ2v) is 9.56. The molecule has 0 aliphatic rings. The predicted molar refractivity (Wildman–Crippen MR) is 137 cm³/mol. The zero-order chi connectivity index (χ0) is 22.0. The fourth-order valence-corrected chi connectivity index (χ4v) is 3.85. The molecule has 0 aromatic carbocycles. The smallest absolute Gasteiger partial charge is 0.334 e. The van der Waals surface area contributed by atoms with Gasteiger partial charge in [-0.15, -0.1) is 17.0 Å². The topological polar surface area (TPSA) is 38.3 Å². The third-order valence-corrected chi connectivity index (χ3v) is 5.63. The number of ether oxygens (including phenoxy) is 1. The number of halogens is 1. The monoisotopic (exact) mass is 489 g/mol. The van der Waals surface area contributed by atoms with E-state index < -0.39 is 0 Å². The van der Waals surface area contributed by atoms with Gasteiger partial charge in [-0.1, -0.05) is 110 Å². The van der Waals surface area contributed by atoms with Gasteiger partial charge in [-0.3, -0.25) is 5.32 Å². The zero-order valence-electron chi connectivity index (χ0n) is 20.8. The largest absolute Gasteiger partial charge is 0.444 e. The van der Waals surface area contributed by atoms with Crippen LogP contribution >= 0.6 is 17.0 Å². The van der Waals surface area contributed by atoms with Crippen LogP contribution < -0.4 is 5.32 Å². The van der Waals surface area contributed by atoms with E-state index in [9.17, 15) is 4.79 Å². The summed E-state index contributed by atoms with van der Waals surface area (Å²) < 4.78 is 5.33. The summed E-state index contributed by atoms with van der Waals surface area (Å²) in [6, 6.07) is 0. The molecule has 0 saturated heterocycles. The number of nitrogens with one attached hydrogen (secondary N) is 1. The zero-order valence-corrected chi connectivity index (χ0v) is 22.5. The Morgan fingerprint density at radius 3 is 1.57 bits per heavy atom. The van der Waals surface area contributed by atoms with Crippen molar-refractivity contribution in [2.75, 3.05) is 0 Å². The molecule has 0 bridgehead atoms. The van der Waals surface area contributed by atoms with Gasteiger partial charge in [-0.05, 0) is 34.1 Å². The van der Waals surface area contributed by atoms with Crippen molar-refractivity contribution in [2.45, 2.75) is 149 Å². The van der Waals surface area contributed by atoms with Crippen LogP contribution in [-0.4, -0.2) is 17.7 Å². The fraction of sp³-hybridized carbons (Fsp3) is 0.885. The summed E-state index contributed by atoms with van der Waals surface area (Å²) in [5.41, 5.74) is 0.421. The maximum absolute atomic E-state index is 11.6. The summed E-state index contributed by atoms with van der Waals surface area (Å²) in [5, 5.41) is 3.41. The van der Waals surface area contributed by atoms with E-state index in [2.05, 4.69) is 32.7 Å². The van der Waals surface area contributed by atoms with Crippen molar-refractivity contribution in [3.63, 3.8) is 0 Å². The Morgan fingerprint density at radius 2 is 1.20 bits per heavy atom. The van der Waals surface area contributed by atoms with Gasteiger partial charge < -0.3 is 4.74 Å². The van der Waals surface area contributed by atoms with Gasteiger partial charge >= 0.3 is 5.97 Å². The van der Waals surface area contributed by atoms with Gasteiger partial charge in [0.2, 0.25) is 0 Å². The minimum absolute atomic E-state index is 0. The van der Waals surface area contributed by atoms with Crippen molar-refractivity contribution in [3.05, 3.63) is 12.2 Å². The molecule has 0 rings (SSSR count). The number of hydrogen-bond donors (Lipinski definition) is 1. The molecular formula is C26H52BrNO2. The Bertz CT molecular complexity index is 423. The highest BCUT2D eigenvalue weighted by atomic mass is 79.9. The Balaban J connectivity index is 0. The summed E-state index contributed by atoms with van der Waals surface area (Å²) in [5.74, 6) is -0.326. The summed E-state index contributed by atoms with van der Waals surface area (Å²) in [7, 11) is 0. The van der Waals surface area contributed by atoms with Gasteiger partial charge in [-0.25, -0.2) is 4.79 Å². The maximum atomic E-state index is 11.6. The molecule has 0 aromatic heterocycles. The number of esters is 1. The molecule has 1 atom stereocenters. The molecule has 0 aliphatic carbocycles. The molecule has 4 heteroatoms. The van der Waals surface area contributed by atoms with Gasteiger partial charge in [-0.2, -0.15) is 0 Å². The molecule has 0 radical (unpaired) electrons. The highest BCUT2D eigenvalue weighted by Gasteiger charge is 2.21. The van der Waals surface area contributed by atoms with Crippen LogP contribution in [0.5, 0.6) is 0 Å². The SMILES string of the molecule is Br.C=C(C)C(=O)OC(C)NC(C)(C)CCCCCCCCCCCCCCCCC.